The number of benzene rings is 1. The second kappa shape index (κ2) is 6.57. The Morgan fingerprint density at radius 2 is 1.88 bits per heavy atom. The van der Waals surface area contributed by atoms with Gasteiger partial charge in [0.25, 0.3) is 10.1 Å². The first-order valence-electron chi connectivity index (χ1n) is 5.63. The third kappa shape index (κ3) is 4.71. The van der Waals surface area contributed by atoms with Crippen LogP contribution in [0.5, 0.6) is 0 Å². The lowest BCUT2D eigenvalue weighted by Crippen LogP contribution is -2.07. The van der Waals surface area contributed by atoms with Crippen molar-refractivity contribution < 1.29 is 12.6 Å². The van der Waals surface area contributed by atoms with Gasteiger partial charge in [0.2, 0.25) is 0 Å². The summed E-state index contributed by atoms with van der Waals surface area (Å²) in [5.74, 6) is 0. The summed E-state index contributed by atoms with van der Waals surface area (Å²) in [6.07, 6.45) is 5.46. The van der Waals surface area contributed by atoms with E-state index in [4.69, 9.17) is 4.18 Å². The van der Waals surface area contributed by atoms with Crippen molar-refractivity contribution in [3.63, 3.8) is 0 Å². The Hall–Kier alpha value is -1.13. The minimum Gasteiger partial charge on any atom is -0.266 e. The zero-order chi connectivity index (χ0) is 12.7. The molecular formula is C13H18O3S. The topological polar surface area (TPSA) is 43.4 Å². The second-order valence-corrected chi connectivity index (χ2v) is 5.42. The van der Waals surface area contributed by atoms with Gasteiger partial charge in [-0.3, -0.25) is 4.18 Å². The van der Waals surface area contributed by atoms with Crippen LogP contribution in [0.1, 0.15) is 25.3 Å². The summed E-state index contributed by atoms with van der Waals surface area (Å²) in [5.41, 5.74) is 1.03. The van der Waals surface area contributed by atoms with Crippen molar-refractivity contribution in [3.05, 3.63) is 42.0 Å². The lowest BCUT2D eigenvalue weighted by molar-refractivity contribution is 0.313. The monoisotopic (exact) mass is 254 g/mol. The maximum absolute atomic E-state index is 11.7. The van der Waals surface area contributed by atoms with Crippen molar-refractivity contribution in [3.8, 4) is 0 Å². The van der Waals surface area contributed by atoms with Crippen molar-refractivity contribution >= 4 is 10.1 Å². The van der Waals surface area contributed by atoms with Gasteiger partial charge in [-0.1, -0.05) is 29.8 Å². The van der Waals surface area contributed by atoms with E-state index in [9.17, 15) is 8.42 Å². The van der Waals surface area contributed by atoms with E-state index in [2.05, 4.69) is 0 Å². The molecule has 0 amide bonds. The molecule has 0 aliphatic rings. The largest absolute Gasteiger partial charge is 0.296 e. The van der Waals surface area contributed by atoms with Crippen LogP contribution in [0, 0.1) is 6.92 Å². The number of aryl methyl sites for hydroxylation is 1. The normalized spacial score (nSPS) is 12.1. The highest BCUT2D eigenvalue weighted by Crippen LogP contribution is 2.13. The number of allylic oxidation sites excluding steroid dienone is 2. The van der Waals surface area contributed by atoms with Crippen LogP contribution in [-0.4, -0.2) is 15.0 Å². The Bertz CT molecular complexity index is 458. The van der Waals surface area contributed by atoms with E-state index < -0.39 is 10.1 Å². The molecule has 0 saturated carbocycles. The molecule has 4 heteroatoms. The molecule has 0 N–H and O–H groups in total. The first kappa shape index (κ1) is 13.9. The quantitative estimate of drug-likeness (QED) is 0.445. The van der Waals surface area contributed by atoms with Gasteiger partial charge in [-0.2, -0.15) is 8.42 Å². The number of hydrogen-bond acceptors (Lipinski definition) is 3. The highest BCUT2D eigenvalue weighted by Gasteiger charge is 2.13. The highest BCUT2D eigenvalue weighted by molar-refractivity contribution is 7.86. The zero-order valence-corrected chi connectivity index (χ0v) is 11.0. The SMILES string of the molecule is C/C=C\CCCOS(=O)(=O)c1ccc(C)cc1. The minimum atomic E-state index is -3.59. The number of unbranched alkanes of at least 4 members (excludes halogenated alkanes) is 1. The predicted octanol–water partition coefficient (Wildman–Crippen LogP) is 3.06. The molecule has 1 aromatic carbocycles. The van der Waals surface area contributed by atoms with E-state index in [1.807, 2.05) is 26.0 Å². The van der Waals surface area contributed by atoms with Crippen LogP contribution in [0.2, 0.25) is 0 Å². The van der Waals surface area contributed by atoms with Crippen LogP contribution in [0.15, 0.2) is 41.3 Å². The molecule has 0 aliphatic carbocycles. The summed E-state index contributed by atoms with van der Waals surface area (Å²) < 4.78 is 28.4. The van der Waals surface area contributed by atoms with Gasteiger partial charge < -0.3 is 0 Å². The standard InChI is InChI=1S/C13H18O3S/c1-3-4-5-6-11-16-17(14,15)13-9-7-12(2)8-10-13/h3-4,7-10H,5-6,11H2,1-2H3/b4-3-. The summed E-state index contributed by atoms with van der Waals surface area (Å²) in [6, 6.07) is 6.65. The summed E-state index contributed by atoms with van der Waals surface area (Å²) >= 11 is 0. The minimum absolute atomic E-state index is 0.217. The maximum Gasteiger partial charge on any atom is 0.296 e. The summed E-state index contributed by atoms with van der Waals surface area (Å²) in [5, 5.41) is 0. The lowest BCUT2D eigenvalue weighted by atomic mass is 10.2. The van der Waals surface area contributed by atoms with E-state index in [0.717, 1.165) is 12.0 Å². The highest BCUT2D eigenvalue weighted by atomic mass is 32.2. The van der Waals surface area contributed by atoms with E-state index in [1.54, 1.807) is 24.3 Å². The number of rotatable bonds is 6. The van der Waals surface area contributed by atoms with Gasteiger partial charge >= 0.3 is 0 Å². The summed E-state index contributed by atoms with van der Waals surface area (Å²) in [4.78, 5) is 0.217. The molecule has 0 saturated heterocycles. The zero-order valence-electron chi connectivity index (χ0n) is 10.2. The van der Waals surface area contributed by atoms with Crippen molar-refractivity contribution in [2.45, 2.75) is 31.6 Å². The number of hydrogen-bond donors (Lipinski definition) is 0. The molecular weight excluding hydrogens is 236 g/mol. The fourth-order valence-electron chi connectivity index (χ4n) is 1.31. The van der Waals surface area contributed by atoms with Crippen LogP contribution in [-0.2, 0) is 14.3 Å². The first-order chi connectivity index (χ1) is 8.06. The van der Waals surface area contributed by atoms with Gasteiger partial charge in [0.15, 0.2) is 0 Å². The Kier molecular flexibility index (Phi) is 5.38. The van der Waals surface area contributed by atoms with Crippen molar-refractivity contribution in [1.29, 1.82) is 0 Å². The molecule has 0 heterocycles. The molecule has 0 spiro atoms. The predicted molar refractivity (Wildman–Crippen MR) is 68.4 cm³/mol. The fraction of sp³-hybridized carbons (Fsp3) is 0.385. The molecule has 1 rings (SSSR count). The van der Waals surface area contributed by atoms with E-state index >= 15 is 0 Å². The van der Waals surface area contributed by atoms with Gasteiger partial charge in [0.1, 0.15) is 0 Å². The van der Waals surface area contributed by atoms with Crippen LogP contribution < -0.4 is 0 Å². The van der Waals surface area contributed by atoms with Crippen molar-refractivity contribution in [2.24, 2.45) is 0 Å². The third-order valence-electron chi connectivity index (χ3n) is 2.30. The Balaban J connectivity index is 2.54. The molecule has 0 atom stereocenters. The lowest BCUT2D eigenvalue weighted by Gasteiger charge is -2.05. The van der Waals surface area contributed by atoms with E-state index in [1.165, 1.54) is 0 Å². The molecule has 0 fully saturated rings. The molecule has 0 aromatic heterocycles. The summed E-state index contributed by atoms with van der Waals surface area (Å²) in [7, 11) is -3.59. The average Bonchev–Trinajstić information content (AvgIpc) is 2.29. The smallest absolute Gasteiger partial charge is 0.266 e. The van der Waals surface area contributed by atoms with Gasteiger partial charge in [0, 0.05) is 0 Å². The summed E-state index contributed by atoms with van der Waals surface area (Å²) in [6.45, 7) is 4.07. The molecule has 0 unspecified atom stereocenters. The Morgan fingerprint density at radius 1 is 1.24 bits per heavy atom. The molecule has 0 aliphatic heterocycles. The molecule has 0 bridgehead atoms. The average molecular weight is 254 g/mol. The van der Waals surface area contributed by atoms with Crippen LogP contribution in [0.25, 0.3) is 0 Å². The van der Waals surface area contributed by atoms with Crippen LogP contribution in [0.3, 0.4) is 0 Å². The van der Waals surface area contributed by atoms with Crippen LogP contribution >= 0.6 is 0 Å². The van der Waals surface area contributed by atoms with E-state index in [-0.39, 0.29) is 11.5 Å². The molecule has 1 aromatic rings. The van der Waals surface area contributed by atoms with E-state index in [0.29, 0.717) is 6.42 Å². The molecule has 3 nitrogen and oxygen atoms in total. The second-order valence-electron chi connectivity index (χ2n) is 3.80. The third-order valence-corrected chi connectivity index (χ3v) is 3.63. The van der Waals surface area contributed by atoms with Crippen molar-refractivity contribution in [1.82, 2.24) is 0 Å². The molecule has 0 radical (unpaired) electrons. The van der Waals surface area contributed by atoms with Gasteiger partial charge in [-0.05, 0) is 38.8 Å². The van der Waals surface area contributed by atoms with Crippen LogP contribution in [0.4, 0.5) is 0 Å². The Labute approximate surface area is 103 Å². The van der Waals surface area contributed by atoms with Gasteiger partial charge in [0.05, 0.1) is 11.5 Å². The van der Waals surface area contributed by atoms with Crippen molar-refractivity contribution in [2.75, 3.05) is 6.61 Å². The Morgan fingerprint density at radius 3 is 2.47 bits per heavy atom. The fourth-order valence-corrected chi connectivity index (χ4v) is 2.25. The maximum atomic E-state index is 11.7. The molecule has 17 heavy (non-hydrogen) atoms. The molecule has 94 valence electrons. The van der Waals surface area contributed by atoms with Gasteiger partial charge in [-0.25, -0.2) is 0 Å². The van der Waals surface area contributed by atoms with Gasteiger partial charge in [-0.15, -0.1) is 0 Å². The first-order valence-corrected chi connectivity index (χ1v) is 7.04.